The molecule has 2 aliphatic rings. The molecule has 2 aromatic rings. The molecule has 0 N–H and O–H groups in total. The van der Waals surface area contributed by atoms with Crippen LogP contribution in [0.1, 0.15) is 36.5 Å². The van der Waals surface area contributed by atoms with E-state index in [9.17, 15) is 9.18 Å². The van der Waals surface area contributed by atoms with Crippen LogP contribution in [0, 0.1) is 5.82 Å². The number of halogens is 1. The first-order valence-electron chi connectivity index (χ1n) is 10.2. The molecule has 0 aromatic heterocycles. The van der Waals surface area contributed by atoms with E-state index in [1.165, 1.54) is 17.7 Å². The molecule has 29 heavy (non-hydrogen) atoms. The number of benzene rings is 2. The van der Waals surface area contributed by atoms with Crippen LogP contribution in [0.3, 0.4) is 0 Å². The molecular weight excluding hydrogens is 367 g/mol. The largest absolute Gasteiger partial charge is 0.488 e. The number of carbonyl (C=O) groups is 1. The van der Waals surface area contributed by atoms with Gasteiger partial charge in [-0.3, -0.25) is 4.79 Å². The number of carbonyl (C=O) groups excluding carboxylic acids is 1. The molecule has 0 atom stereocenters. The molecule has 0 unspecified atom stereocenters. The Hall–Kier alpha value is -2.66. The lowest BCUT2D eigenvalue weighted by molar-refractivity contribution is -0.129. The molecule has 0 bridgehead atoms. The van der Waals surface area contributed by atoms with E-state index < -0.39 is 0 Å². The molecule has 2 heterocycles. The Morgan fingerprint density at radius 1 is 1.03 bits per heavy atom. The van der Waals surface area contributed by atoms with Crippen molar-refractivity contribution in [3.63, 3.8) is 0 Å². The normalized spacial score (nSPS) is 17.3. The summed E-state index contributed by atoms with van der Waals surface area (Å²) in [5.74, 6) is 0.847. The third-order valence-corrected chi connectivity index (χ3v) is 5.79. The van der Waals surface area contributed by atoms with Crippen molar-refractivity contribution in [1.29, 1.82) is 0 Å². The second-order valence-electron chi connectivity index (χ2n) is 8.15. The number of hydrogen-bond donors (Lipinski definition) is 0. The standard InChI is InChI=1S/C24H27FN2O2/c1-16(2)18-6-9-22-20(14-18)23(17-4-7-19(25)8-5-17)21(15-29-22)24(28)27-12-10-26(3)11-13-27/h4-9,14,16H,10-13,15H2,1-3H3. The van der Waals surface area contributed by atoms with Crippen LogP contribution < -0.4 is 4.74 Å². The van der Waals surface area contributed by atoms with Crippen molar-refractivity contribution in [2.24, 2.45) is 0 Å². The molecule has 1 saturated heterocycles. The minimum absolute atomic E-state index is 0.0121. The summed E-state index contributed by atoms with van der Waals surface area (Å²) in [4.78, 5) is 17.6. The average molecular weight is 394 g/mol. The van der Waals surface area contributed by atoms with E-state index in [1.807, 2.05) is 11.0 Å². The SMILES string of the molecule is CC(C)c1ccc2c(c1)C(c1ccc(F)cc1)=C(C(=O)N1CCN(C)CC1)CO2. The number of hydrogen-bond acceptors (Lipinski definition) is 3. The summed E-state index contributed by atoms with van der Waals surface area (Å²) >= 11 is 0. The van der Waals surface area contributed by atoms with E-state index in [-0.39, 0.29) is 18.3 Å². The van der Waals surface area contributed by atoms with Gasteiger partial charge in [-0.25, -0.2) is 4.39 Å². The minimum Gasteiger partial charge on any atom is -0.488 e. The minimum atomic E-state index is -0.287. The molecule has 4 rings (SSSR count). The lowest BCUT2D eigenvalue weighted by atomic mass is 9.88. The van der Waals surface area contributed by atoms with Gasteiger partial charge in [-0.15, -0.1) is 0 Å². The number of fused-ring (bicyclic) bond motifs is 1. The maximum absolute atomic E-state index is 13.6. The van der Waals surface area contributed by atoms with Crippen molar-refractivity contribution in [2.45, 2.75) is 19.8 Å². The molecule has 0 saturated carbocycles. The topological polar surface area (TPSA) is 32.8 Å². The third-order valence-electron chi connectivity index (χ3n) is 5.79. The Morgan fingerprint density at radius 3 is 2.38 bits per heavy atom. The lowest BCUT2D eigenvalue weighted by Crippen LogP contribution is -2.48. The fraction of sp³-hybridized carbons (Fsp3) is 0.375. The summed E-state index contributed by atoms with van der Waals surface area (Å²) in [6, 6.07) is 12.5. The van der Waals surface area contributed by atoms with Crippen LogP contribution in [0.2, 0.25) is 0 Å². The molecule has 0 radical (unpaired) electrons. The van der Waals surface area contributed by atoms with Gasteiger partial charge >= 0.3 is 0 Å². The maximum atomic E-state index is 13.6. The molecule has 4 nitrogen and oxygen atoms in total. The quantitative estimate of drug-likeness (QED) is 0.791. The highest BCUT2D eigenvalue weighted by Gasteiger charge is 2.30. The maximum Gasteiger partial charge on any atom is 0.253 e. The van der Waals surface area contributed by atoms with Crippen LogP contribution in [0.15, 0.2) is 48.0 Å². The summed E-state index contributed by atoms with van der Waals surface area (Å²) in [7, 11) is 2.07. The van der Waals surface area contributed by atoms with Gasteiger partial charge in [0.25, 0.3) is 5.91 Å². The van der Waals surface area contributed by atoms with Crippen molar-refractivity contribution in [1.82, 2.24) is 9.80 Å². The van der Waals surface area contributed by atoms with Gasteiger partial charge in [0.2, 0.25) is 0 Å². The second kappa shape index (κ2) is 7.99. The molecule has 1 amide bonds. The molecule has 2 aliphatic heterocycles. The van der Waals surface area contributed by atoms with Crippen LogP contribution in [0.25, 0.3) is 5.57 Å². The van der Waals surface area contributed by atoms with Gasteiger partial charge in [0.05, 0.1) is 5.57 Å². The fourth-order valence-corrected chi connectivity index (χ4v) is 3.93. The highest BCUT2D eigenvalue weighted by atomic mass is 19.1. The first-order valence-corrected chi connectivity index (χ1v) is 10.2. The van der Waals surface area contributed by atoms with Gasteiger partial charge in [-0.1, -0.05) is 32.0 Å². The summed E-state index contributed by atoms with van der Waals surface area (Å²) < 4.78 is 19.6. The molecule has 2 aromatic carbocycles. The van der Waals surface area contributed by atoms with Crippen molar-refractivity contribution in [2.75, 3.05) is 39.8 Å². The second-order valence-corrected chi connectivity index (χ2v) is 8.15. The predicted molar refractivity (Wildman–Crippen MR) is 113 cm³/mol. The van der Waals surface area contributed by atoms with Gasteiger partial charge in [-0.2, -0.15) is 0 Å². The van der Waals surface area contributed by atoms with E-state index >= 15 is 0 Å². The van der Waals surface area contributed by atoms with Gasteiger partial charge in [0, 0.05) is 37.3 Å². The Balaban J connectivity index is 1.83. The van der Waals surface area contributed by atoms with Crippen LogP contribution in [-0.2, 0) is 4.79 Å². The zero-order valence-corrected chi connectivity index (χ0v) is 17.2. The van der Waals surface area contributed by atoms with E-state index in [1.54, 1.807) is 12.1 Å². The van der Waals surface area contributed by atoms with E-state index in [0.717, 1.165) is 35.5 Å². The number of rotatable bonds is 3. The Morgan fingerprint density at radius 2 is 1.72 bits per heavy atom. The lowest BCUT2D eigenvalue weighted by Gasteiger charge is -2.34. The Labute approximate surface area is 171 Å². The molecular formula is C24H27FN2O2. The third kappa shape index (κ3) is 3.92. The van der Waals surface area contributed by atoms with Crippen molar-refractivity contribution in [3.05, 3.63) is 70.5 Å². The molecule has 1 fully saturated rings. The summed E-state index contributed by atoms with van der Waals surface area (Å²) in [6.07, 6.45) is 0. The van der Waals surface area contributed by atoms with E-state index in [2.05, 4.69) is 37.9 Å². The van der Waals surface area contributed by atoms with Gasteiger partial charge in [-0.05, 0) is 48.4 Å². The number of likely N-dealkylation sites (N-methyl/N-ethyl adjacent to an activating group) is 1. The van der Waals surface area contributed by atoms with Crippen molar-refractivity contribution < 1.29 is 13.9 Å². The summed E-state index contributed by atoms with van der Waals surface area (Å²) in [5, 5.41) is 0. The first kappa shape index (κ1) is 19.6. The fourth-order valence-electron chi connectivity index (χ4n) is 3.93. The van der Waals surface area contributed by atoms with Gasteiger partial charge < -0.3 is 14.5 Å². The number of amides is 1. The highest BCUT2D eigenvalue weighted by molar-refractivity contribution is 6.06. The predicted octanol–water partition coefficient (Wildman–Crippen LogP) is 3.92. The van der Waals surface area contributed by atoms with Crippen LogP contribution in [0.4, 0.5) is 4.39 Å². The summed E-state index contributed by atoms with van der Waals surface area (Å²) in [6.45, 7) is 7.64. The molecule has 0 spiro atoms. The monoisotopic (exact) mass is 394 g/mol. The Kier molecular flexibility index (Phi) is 5.41. The Bertz CT molecular complexity index is 942. The van der Waals surface area contributed by atoms with Crippen LogP contribution in [0.5, 0.6) is 5.75 Å². The zero-order valence-electron chi connectivity index (χ0n) is 17.2. The van der Waals surface area contributed by atoms with Crippen LogP contribution >= 0.6 is 0 Å². The van der Waals surface area contributed by atoms with Crippen LogP contribution in [-0.4, -0.2) is 55.5 Å². The van der Waals surface area contributed by atoms with E-state index in [0.29, 0.717) is 24.6 Å². The average Bonchev–Trinajstić information content (AvgIpc) is 2.73. The first-order chi connectivity index (χ1) is 13.9. The number of ether oxygens (including phenoxy) is 1. The smallest absolute Gasteiger partial charge is 0.253 e. The van der Waals surface area contributed by atoms with Gasteiger partial charge in [0.1, 0.15) is 18.2 Å². The van der Waals surface area contributed by atoms with E-state index in [4.69, 9.17) is 4.74 Å². The zero-order chi connectivity index (χ0) is 20.5. The number of piperazine rings is 1. The summed E-state index contributed by atoms with van der Waals surface area (Å²) in [5.41, 5.74) is 4.44. The van der Waals surface area contributed by atoms with Crippen molar-refractivity contribution >= 4 is 11.5 Å². The van der Waals surface area contributed by atoms with Crippen molar-refractivity contribution in [3.8, 4) is 5.75 Å². The highest BCUT2D eigenvalue weighted by Crippen LogP contribution is 2.39. The van der Waals surface area contributed by atoms with Gasteiger partial charge in [0.15, 0.2) is 0 Å². The molecule has 0 aliphatic carbocycles. The molecule has 5 heteroatoms. The number of nitrogens with zero attached hydrogens (tertiary/aromatic N) is 2. The molecule has 152 valence electrons.